The minimum absolute atomic E-state index is 0.0418. The van der Waals surface area contributed by atoms with Gasteiger partial charge in [-0.25, -0.2) is 4.99 Å². The molecule has 0 aromatic rings. The lowest BCUT2D eigenvalue weighted by molar-refractivity contribution is -0.419. The summed E-state index contributed by atoms with van der Waals surface area (Å²) in [5.74, 6) is -0.899. The lowest BCUT2D eigenvalue weighted by Gasteiger charge is -2.17. The van der Waals surface area contributed by atoms with E-state index in [-0.39, 0.29) is 10.7 Å². The number of carbonyl (C=O) groups excluding carboxylic acids is 1. The average molecular weight is 225 g/mol. The van der Waals surface area contributed by atoms with Crippen molar-refractivity contribution in [1.29, 1.82) is 0 Å². The fourth-order valence-electron chi connectivity index (χ4n) is 1.40. The van der Waals surface area contributed by atoms with E-state index in [0.29, 0.717) is 5.71 Å². The number of nitro groups is 1. The minimum atomic E-state index is -0.506. The average Bonchev–Trinajstić information content (AvgIpc) is 2.16. The van der Waals surface area contributed by atoms with Crippen LogP contribution in [0, 0.1) is 16.0 Å². The lowest BCUT2D eigenvalue weighted by atomic mass is 9.94. The molecule has 1 atom stereocenters. The topological polar surface area (TPSA) is 72.6 Å². The Kier molecular flexibility index (Phi) is 2.24. The summed E-state index contributed by atoms with van der Waals surface area (Å²) in [5, 5.41) is 10.8. The Morgan fingerprint density at radius 1 is 1.47 bits per heavy atom. The number of hydrogen-bond donors (Lipinski definition) is 0. The van der Waals surface area contributed by atoms with Gasteiger partial charge in [-0.15, -0.1) is 0 Å². The second-order valence-electron chi connectivity index (χ2n) is 3.06. The van der Waals surface area contributed by atoms with E-state index in [2.05, 4.69) is 4.99 Å². The number of hydrogen-bond acceptors (Lipinski definition) is 3. The molecular formula is C9H5ClN2O3. The molecule has 1 heterocycles. The van der Waals surface area contributed by atoms with Crippen LogP contribution in [-0.2, 0) is 4.79 Å². The first kappa shape index (κ1) is 9.79. The summed E-state index contributed by atoms with van der Waals surface area (Å²) in [7, 11) is 0. The number of fused-ring (bicyclic) bond motifs is 1. The maximum absolute atomic E-state index is 11.0. The summed E-state index contributed by atoms with van der Waals surface area (Å²) < 4.78 is 0. The third-order valence-electron chi connectivity index (χ3n) is 2.09. The van der Waals surface area contributed by atoms with Crippen molar-refractivity contribution in [1.82, 2.24) is 0 Å². The van der Waals surface area contributed by atoms with E-state index in [1.807, 2.05) is 0 Å². The molecule has 1 aliphatic heterocycles. The Bertz CT molecular complexity index is 474. The Morgan fingerprint density at radius 2 is 2.20 bits per heavy atom. The summed E-state index contributed by atoms with van der Waals surface area (Å²) in [4.78, 5) is 24.7. The molecule has 2 rings (SSSR count). The molecule has 1 amide bonds. The third-order valence-corrected chi connectivity index (χ3v) is 2.43. The lowest BCUT2D eigenvalue weighted by Crippen LogP contribution is -2.21. The molecule has 0 aromatic heterocycles. The van der Waals surface area contributed by atoms with Crippen molar-refractivity contribution in [2.24, 2.45) is 10.9 Å². The smallest absolute Gasteiger partial charge is 0.267 e. The number of amides is 1. The highest BCUT2D eigenvalue weighted by Gasteiger charge is 2.27. The van der Waals surface area contributed by atoms with E-state index in [9.17, 15) is 14.9 Å². The second kappa shape index (κ2) is 3.43. The van der Waals surface area contributed by atoms with Crippen LogP contribution in [0.25, 0.3) is 0 Å². The molecule has 0 N–H and O–H groups in total. The van der Waals surface area contributed by atoms with Gasteiger partial charge in [-0.05, 0) is 6.08 Å². The number of halogens is 1. The van der Waals surface area contributed by atoms with E-state index >= 15 is 0 Å². The summed E-state index contributed by atoms with van der Waals surface area (Å²) in [6.45, 7) is 0. The van der Waals surface area contributed by atoms with E-state index in [4.69, 9.17) is 11.6 Å². The molecule has 0 aromatic carbocycles. The van der Waals surface area contributed by atoms with Crippen LogP contribution in [0.1, 0.15) is 0 Å². The minimum Gasteiger partial charge on any atom is -0.267 e. The van der Waals surface area contributed by atoms with Gasteiger partial charge >= 0.3 is 0 Å². The van der Waals surface area contributed by atoms with Gasteiger partial charge in [0.25, 0.3) is 11.6 Å². The van der Waals surface area contributed by atoms with Crippen LogP contribution in [0.15, 0.2) is 40.0 Å². The van der Waals surface area contributed by atoms with Crippen LogP contribution in [-0.4, -0.2) is 16.5 Å². The van der Waals surface area contributed by atoms with Crippen molar-refractivity contribution < 1.29 is 9.72 Å². The standard InChI is InChI=1S/C9H5ClN2O3/c10-7-4-9(13)11-8-2-1-5(12(14)15)3-6(7)8/h1-4,6H. The van der Waals surface area contributed by atoms with Gasteiger partial charge < -0.3 is 0 Å². The van der Waals surface area contributed by atoms with Crippen molar-refractivity contribution in [2.75, 3.05) is 0 Å². The molecular weight excluding hydrogens is 220 g/mol. The molecule has 6 heteroatoms. The molecule has 0 saturated carbocycles. The SMILES string of the molecule is O=C1C=C(Cl)C2C=C([N+](=O)[O-])C=CC2=N1. The van der Waals surface area contributed by atoms with Crippen LogP contribution >= 0.6 is 11.6 Å². The van der Waals surface area contributed by atoms with Crippen LogP contribution in [0.4, 0.5) is 0 Å². The molecule has 0 bridgehead atoms. The van der Waals surface area contributed by atoms with Gasteiger partial charge in [0.15, 0.2) is 0 Å². The molecule has 0 fully saturated rings. The first-order valence-electron chi connectivity index (χ1n) is 4.12. The second-order valence-corrected chi connectivity index (χ2v) is 3.50. The van der Waals surface area contributed by atoms with Crippen molar-refractivity contribution in [2.45, 2.75) is 0 Å². The van der Waals surface area contributed by atoms with Crippen LogP contribution < -0.4 is 0 Å². The van der Waals surface area contributed by atoms with E-state index in [1.165, 1.54) is 24.3 Å². The Balaban J connectivity index is 2.42. The molecule has 1 unspecified atom stereocenters. The van der Waals surface area contributed by atoms with E-state index in [1.54, 1.807) is 0 Å². The zero-order chi connectivity index (χ0) is 11.0. The van der Waals surface area contributed by atoms with E-state index < -0.39 is 16.7 Å². The Morgan fingerprint density at radius 3 is 2.87 bits per heavy atom. The highest BCUT2D eigenvalue weighted by molar-refractivity contribution is 6.35. The highest BCUT2D eigenvalue weighted by Crippen LogP contribution is 2.28. The van der Waals surface area contributed by atoms with Gasteiger partial charge in [-0.3, -0.25) is 14.9 Å². The molecule has 5 nitrogen and oxygen atoms in total. The third kappa shape index (κ3) is 1.73. The molecule has 0 saturated heterocycles. The Labute approximate surface area is 89.6 Å². The maximum Gasteiger partial charge on any atom is 0.271 e. The first-order valence-corrected chi connectivity index (χ1v) is 4.49. The highest BCUT2D eigenvalue weighted by atomic mass is 35.5. The summed E-state index contributed by atoms with van der Waals surface area (Å²) in [5.41, 5.74) is 0.401. The predicted octanol–water partition coefficient (Wildman–Crippen LogP) is 1.44. The summed E-state index contributed by atoms with van der Waals surface area (Å²) in [6, 6.07) is 0. The number of rotatable bonds is 1. The number of nitrogens with zero attached hydrogens (tertiary/aromatic N) is 2. The fourth-order valence-corrected chi connectivity index (χ4v) is 1.67. The molecule has 2 aliphatic rings. The number of carbonyl (C=O) groups is 1. The van der Waals surface area contributed by atoms with Crippen molar-refractivity contribution in [3.63, 3.8) is 0 Å². The first-order chi connectivity index (χ1) is 7.08. The van der Waals surface area contributed by atoms with Gasteiger partial charge in [-0.1, -0.05) is 11.6 Å². The monoisotopic (exact) mass is 224 g/mol. The summed E-state index contributed by atoms with van der Waals surface area (Å²) in [6.07, 6.45) is 5.29. The Hall–Kier alpha value is -1.75. The van der Waals surface area contributed by atoms with Gasteiger partial charge in [0, 0.05) is 23.3 Å². The molecule has 0 radical (unpaired) electrons. The van der Waals surface area contributed by atoms with Gasteiger partial charge in [0.05, 0.1) is 16.6 Å². The molecule has 76 valence electrons. The van der Waals surface area contributed by atoms with Crippen molar-refractivity contribution in [3.05, 3.63) is 45.1 Å². The van der Waals surface area contributed by atoms with E-state index in [0.717, 1.165) is 0 Å². The fraction of sp³-hybridized carbons (Fsp3) is 0.111. The van der Waals surface area contributed by atoms with Crippen LogP contribution in [0.2, 0.25) is 0 Å². The number of aliphatic imine (C=N–C) groups is 1. The summed E-state index contributed by atoms with van der Waals surface area (Å²) >= 11 is 5.81. The van der Waals surface area contributed by atoms with Crippen LogP contribution in [0.5, 0.6) is 0 Å². The predicted molar refractivity (Wildman–Crippen MR) is 54.1 cm³/mol. The largest absolute Gasteiger partial charge is 0.271 e. The van der Waals surface area contributed by atoms with Crippen molar-refractivity contribution >= 4 is 23.2 Å². The number of dihydropyridines is 1. The molecule has 1 aliphatic carbocycles. The van der Waals surface area contributed by atoms with Crippen molar-refractivity contribution in [3.8, 4) is 0 Å². The van der Waals surface area contributed by atoms with Gasteiger partial charge in [-0.2, -0.15) is 0 Å². The molecule has 0 spiro atoms. The quantitative estimate of drug-likeness (QED) is 0.500. The zero-order valence-electron chi connectivity index (χ0n) is 7.38. The van der Waals surface area contributed by atoms with Gasteiger partial charge in [0.1, 0.15) is 0 Å². The van der Waals surface area contributed by atoms with Crippen LogP contribution in [0.3, 0.4) is 0 Å². The maximum atomic E-state index is 11.0. The molecule has 15 heavy (non-hydrogen) atoms. The number of allylic oxidation sites excluding steroid dienone is 4. The van der Waals surface area contributed by atoms with Gasteiger partial charge in [0.2, 0.25) is 0 Å². The zero-order valence-corrected chi connectivity index (χ0v) is 8.14. The normalized spacial score (nSPS) is 23.9.